The van der Waals surface area contributed by atoms with E-state index in [0.29, 0.717) is 5.92 Å². The Morgan fingerprint density at radius 2 is 1.93 bits per heavy atom. The fourth-order valence-electron chi connectivity index (χ4n) is 3.97. The van der Waals surface area contributed by atoms with Gasteiger partial charge in [0.15, 0.2) is 5.96 Å². The lowest BCUT2D eigenvalue weighted by Gasteiger charge is -2.31. The summed E-state index contributed by atoms with van der Waals surface area (Å²) >= 11 is 0. The first-order chi connectivity index (χ1) is 14.3. The van der Waals surface area contributed by atoms with Crippen molar-refractivity contribution in [2.75, 3.05) is 53.0 Å². The largest absolute Gasteiger partial charge is 0.383 e. The van der Waals surface area contributed by atoms with Crippen LogP contribution in [-0.2, 0) is 11.3 Å². The number of ether oxygens (including phenoxy) is 1. The zero-order valence-corrected chi connectivity index (χ0v) is 20.8. The number of fused-ring (bicyclic) bond motifs is 1. The molecule has 6 nitrogen and oxygen atoms in total. The summed E-state index contributed by atoms with van der Waals surface area (Å²) < 4.78 is 7.52. The van der Waals surface area contributed by atoms with Crippen molar-refractivity contribution < 1.29 is 4.74 Å². The lowest BCUT2D eigenvalue weighted by Crippen LogP contribution is -2.39. The first-order valence-electron chi connectivity index (χ1n) is 11.1. The van der Waals surface area contributed by atoms with E-state index in [1.165, 1.54) is 36.8 Å². The van der Waals surface area contributed by atoms with E-state index in [9.17, 15) is 0 Å². The number of halogens is 1. The Labute approximate surface area is 198 Å². The molecule has 0 amide bonds. The normalized spacial score (nSPS) is 15.9. The van der Waals surface area contributed by atoms with Crippen LogP contribution in [0.3, 0.4) is 0 Å². The van der Waals surface area contributed by atoms with Gasteiger partial charge >= 0.3 is 0 Å². The van der Waals surface area contributed by atoms with Gasteiger partial charge in [-0.25, -0.2) is 0 Å². The van der Waals surface area contributed by atoms with Crippen molar-refractivity contribution in [3.63, 3.8) is 0 Å². The van der Waals surface area contributed by atoms with Gasteiger partial charge in [-0.3, -0.25) is 4.99 Å². The number of nitrogens with one attached hydrogen (secondary N) is 2. The Morgan fingerprint density at radius 3 is 2.70 bits per heavy atom. The Morgan fingerprint density at radius 1 is 1.13 bits per heavy atom. The monoisotopic (exact) mass is 527 g/mol. The minimum atomic E-state index is 0. The van der Waals surface area contributed by atoms with Crippen LogP contribution in [0.1, 0.15) is 26.2 Å². The smallest absolute Gasteiger partial charge is 0.191 e. The lowest BCUT2D eigenvalue weighted by atomic mass is 9.97. The number of likely N-dealkylation sites (tertiary alicyclic amines) is 1. The van der Waals surface area contributed by atoms with E-state index in [-0.39, 0.29) is 24.0 Å². The summed E-state index contributed by atoms with van der Waals surface area (Å²) in [5.74, 6) is 1.64. The number of nitrogens with zero attached hydrogens (tertiary/aromatic N) is 3. The zero-order valence-electron chi connectivity index (χ0n) is 18.5. The number of methoxy groups -OCH3 is 1. The lowest BCUT2D eigenvalue weighted by molar-refractivity contribution is 0.121. The van der Waals surface area contributed by atoms with Gasteiger partial charge in [-0.1, -0.05) is 18.2 Å². The highest BCUT2D eigenvalue weighted by atomic mass is 127. The molecule has 1 aromatic carbocycles. The van der Waals surface area contributed by atoms with E-state index >= 15 is 0 Å². The molecule has 0 spiro atoms. The van der Waals surface area contributed by atoms with E-state index in [2.05, 4.69) is 63.6 Å². The standard InChI is InChI=1S/C23H37N5O.HI/c1-3-24-23(26-19-20-9-14-27(15-10-20)17-18-29-2)25-12-6-13-28-16-11-21-7-4-5-8-22(21)28;/h4-5,7-8,11,16,20H,3,6,9-10,12-15,17-19H2,1-2H3,(H2,24,25,26);1H. The Bertz CT molecular complexity index is 755. The minimum Gasteiger partial charge on any atom is -0.383 e. The highest BCUT2D eigenvalue weighted by molar-refractivity contribution is 14.0. The highest BCUT2D eigenvalue weighted by Gasteiger charge is 2.18. The Kier molecular flexibility index (Phi) is 11.5. The van der Waals surface area contributed by atoms with Crippen molar-refractivity contribution in [2.45, 2.75) is 32.7 Å². The van der Waals surface area contributed by atoms with Crippen molar-refractivity contribution in [1.82, 2.24) is 20.1 Å². The predicted molar refractivity (Wildman–Crippen MR) is 137 cm³/mol. The van der Waals surface area contributed by atoms with Crippen molar-refractivity contribution in [3.05, 3.63) is 36.5 Å². The van der Waals surface area contributed by atoms with Crippen molar-refractivity contribution in [3.8, 4) is 0 Å². The average molecular weight is 527 g/mol. The highest BCUT2D eigenvalue weighted by Crippen LogP contribution is 2.17. The summed E-state index contributed by atoms with van der Waals surface area (Å²) in [6, 6.07) is 10.7. The van der Waals surface area contributed by atoms with Gasteiger partial charge in [0.05, 0.1) is 6.61 Å². The molecule has 1 aromatic heterocycles. The third-order valence-electron chi connectivity index (χ3n) is 5.72. The molecule has 0 aliphatic carbocycles. The third-order valence-corrected chi connectivity index (χ3v) is 5.72. The number of benzene rings is 1. The molecule has 30 heavy (non-hydrogen) atoms. The van der Waals surface area contributed by atoms with Gasteiger partial charge in [0.1, 0.15) is 0 Å². The molecule has 0 bridgehead atoms. The van der Waals surface area contributed by atoms with E-state index in [0.717, 1.165) is 51.7 Å². The van der Waals surface area contributed by atoms with Gasteiger partial charge in [-0.05, 0) is 62.7 Å². The molecule has 2 heterocycles. The number of hydrogen-bond donors (Lipinski definition) is 2. The second-order valence-corrected chi connectivity index (χ2v) is 7.85. The van der Waals surface area contributed by atoms with Gasteiger partial charge in [-0.15, -0.1) is 24.0 Å². The number of piperidine rings is 1. The number of rotatable bonds is 10. The molecule has 0 saturated carbocycles. The predicted octanol–water partition coefficient (Wildman–Crippen LogP) is 3.56. The molecule has 7 heteroatoms. The molecule has 1 aliphatic heterocycles. The Balaban J connectivity index is 0.00000320. The summed E-state index contributed by atoms with van der Waals surface area (Å²) in [6.07, 6.45) is 5.71. The van der Waals surface area contributed by atoms with Crippen LogP contribution in [-0.4, -0.2) is 68.4 Å². The van der Waals surface area contributed by atoms with Gasteiger partial charge in [0.25, 0.3) is 0 Å². The van der Waals surface area contributed by atoms with Gasteiger partial charge < -0.3 is 24.8 Å². The molecule has 1 saturated heterocycles. The van der Waals surface area contributed by atoms with Crippen LogP contribution in [0.15, 0.2) is 41.5 Å². The Hall–Kier alpha value is -1.32. The number of aliphatic imine (C=N–C) groups is 1. The topological polar surface area (TPSA) is 53.8 Å². The van der Waals surface area contributed by atoms with Crippen LogP contribution in [0.5, 0.6) is 0 Å². The summed E-state index contributed by atoms with van der Waals surface area (Å²) in [4.78, 5) is 7.35. The first kappa shape index (κ1) is 24.9. The summed E-state index contributed by atoms with van der Waals surface area (Å²) in [7, 11) is 1.78. The maximum Gasteiger partial charge on any atom is 0.191 e. The van der Waals surface area contributed by atoms with E-state index in [4.69, 9.17) is 9.73 Å². The number of hydrogen-bond acceptors (Lipinski definition) is 3. The van der Waals surface area contributed by atoms with E-state index < -0.39 is 0 Å². The van der Waals surface area contributed by atoms with Crippen molar-refractivity contribution >= 4 is 40.8 Å². The summed E-state index contributed by atoms with van der Waals surface area (Å²) in [6.45, 7) is 10.1. The zero-order chi connectivity index (χ0) is 20.3. The maximum atomic E-state index is 5.19. The quantitative estimate of drug-likeness (QED) is 0.215. The van der Waals surface area contributed by atoms with E-state index in [1.807, 2.05) is 0 Å². The minimum absolute atomic E-state index is 0. The van der Waals surface area contributed by atoms with Crippen LogP contribution in [0.4, 0.5) is 0 Å². The fourth-order valence-corrected chi connectivity index (χ4v) is 3.97. The molecular weight excluding hydrogens is 489 g/mol. The van der Waals surface area contributed by atoms with Gasteiger partial charge in [-0.2, -0.15) is 0 Å². The molecule has 1 fully saturated rings. The van der Waals surface area contributed by atoms with Crippen LogP contribution in [0, 0.1) is 5.92 Å². The second-order valence-electron chi connectivity index (χ2n) is 7.85. The first-order valence-corrected chi connectivity index (χ1v) is 11.1. The molecule has 1 aliphatic rings. The molecule has 2 N–H and O–H groups in total. The molecule has 0 radical (unpaired) electrons. The van der Waals surface area contributed by atoms with Crippen LogP contribution in [0.2, 0.25) is 0 Å². The van der Waals surface area contributed by atoms with E-state index in [1.54, 1.807) is 7.11 Å². The van der Waals surface area contributed by atoms with Crippen LogP contribution in [0.25, 0.3) is 10.9 Å². The van der Waals surface area contributed by atoms with Gasteiger partial charge in [0.2, 0.25) is 0 Å². The van der Waals surface area contributed by atoms with Crippen molar-refractivity contribution in [2.24, 2.45) is 10.9 Å². The number of aryl methyl sites for hydroxylation is 1. The van der Waals surface area contributed by atoms with Crippen LogP contribution < -0.4 is 10.6 Å². The maximum absolute atomic E-state index is 5.19. The number of para-hydroxylation sites is 1. The molecule has 0 atom stereocenters. The second kappa shape index (κ2) is 13.9. The van der Waals surface area contributed by atoms with Crippen LogP contribution >= 0.6 is 24.0 Å². The molecule has 168 valence electrons. The third kappa shape index (κ3) is 7.74. The van der Waals surface area contributed by atoms with Gasteiger partial charge in [0, 0.05) is 51.5 Å². The SMILES string of the molecule is CCNC(=NCC1CCN(CCOC)CC1)NCCCn1ccc2ccccc21.I. The fraction of sp³-hybridized carbons (Fsp3) is 0.609. The number of guanidine groups is 1. The molecular formula is C23H38IN5O. The molecule has 0 unspecified atom stereocenters. The summed E-state index contributed by atoms with van der Waals surface area (Å²) in [5.41, 5.74) is 1.31. The molecule has 3 rings (SSSR count). The van der Waals surface area contributed by atoms with Crippen molar-refractivity contribution in [1.29, 1.82) is 0 Å². The summed E-state index contributed by atoms with van der Waals surface area (Å²) in [5, 5.41) is 8.20. The average Bonchev–Trinajstić information content (AvgIpc) is 3.17. The molecule has 2 aromatic rings. The number of aromatic nitrogens is 1.